The van der Waals surface area contributed by atoms with Crippen molar-refractivity contribution >= 4 is 11.5 Å². The van der Waals surface area contributed by atoms with Crippen LogP contribution in [0.2, 0.25) is 0 Å². The number of nitrogen functional groups attached to an aromatic ring is 1. The minimum absolute atomic E-state index is 0.246. The average molecular weight is 279 g/mol. The second-order valence-corrected chi connectivity index (χ2v) is 5.98. The first-order valence-electron chi connectivity index (χ1n) is 7.65. The van der Waals surface area contributed by atoms with Crippen LogP contribution in [0.1, 0.15) is 47.7 Å². The lowest BCUT2D eigenvalue weighted by Gasteiger charge is -2.15. The molecule has 0 amide bonds. The molecule has 21 heavy (non-hydrogen) atoms. The number of carbonyl (C=O) groups excluding carboxylic acids is 1. The highest BCUT2D eigenvalue weighted by Crippen LogP contribution is 2.50. The molecule has 0 aliphatic heterocycles. The maximum atomic E-state index is 12.9. The fourth-order valence-electron chi connectivity index (χ4n) is 2.96. The van der Waals surface area contributed by atoms with Gasteiger partial charge in [0.2, 0.25) is 0 Å². The molecule has 2 heteroatoms. The number of aryl methyl sites for hydroxylation is 1. The molecule has 3 rings (SSSR count). The summed E-state index contributed by atoms with van der Waals surface area (Å²) >= 11 is 0. The second-order valence-electron chi connectivity index (χ2n) is 5.98. The van der Waals surface area contributed by atoms with Gasteiger partial charge in [-0.25, -0.2) is 0 Å². The Labute approximate surface area is 126 Å². The fourth-order valence-corrected chi connectivity index (χ4v) is 2.96. The minimum Gasteiger partial charge on any atom is -0.399 e. The highest BCUT2D eigenvalue weighted by molar-refractivity contribution is 6.06. The van der Waals surface area contributed by atoms with Crippen molar-refractivity contribution in [2.45, 2.75) is 38.0 Å². The largest absolute Gasteiger partial charge is 0.399 e. The SMILES string of the molecule is CCCc1ccc(C(=O)C2(c3ccc(N)cc3)CC2)cc1. The molecule has 0 unspecified atom stereocenters. The van der Waals surface area contributed by atoms with E-state index in [-0.39, 0.29) is 11.2 Å². The van der Waals surface area contributed by atoms with Gasteiger partial charge in [-0.15, -0.1) is 0 Å². The van der Waals surface area contributed by atoms with Gasteiger partial charge in [-0.1, -0.05) is 49.7 Å². The lowest BCUT2D eigenvalue weighted by atomic mass is 9.87. The van der Waals surface area contributed by atoms with Crippen molar-refractivity contribution in [2.75, 3.05) is 5.73 Å². The first kappa shape index (κ1) is 13.9. The van der Waals surface area contributed by atoms with E-state index in [1.54, 1.807) is 0 Å². The summed E-state index contributed by atoms with van der Waals surface area (Å²) in [6.07, 6.45) is 4.07. The Morgan fingerprint density at radius 3 is 2.19 bits per heavy atom. The second kappa shape index (κ2) is 5.36. The Morgan fingerprint density at radius 1 is 1.05 bits per heavy atom. The van der Waals surface area contributed by atoms with Crippen molar-refractivity contribution < 1.29 is 4.79 Å². The molecule has 2 nitrogen and oxygen atoms in total. The van der Waals surface area contributed by atoms with Gasteiger partial charge < -0.3 is 5.73 Å². The van der Waals surface area contributed by atoms with Crippen molar-refractivity contribution in [2.24, 2.45) is 0 Å². The van der Waals surface area contributed by atoms with Gasteiger partial charge in [0.15, 0.2) is 5.78 Å². The molecule has 1 aliphatic carbocycles. The molecule has 1 fully saturated rings. The maximum Gasteiger partial charge on any atom is 0.173 e. The van der Waals surface area contributed by atoms with Gasteiger partial charge in [0, 0.05) is 11.3 Å². The van der Waals surface area contributed by atoms with Crippen LogP contribution >= 0.6 is 0 Å². The predicted molar refractivity (Wildman–Crippen MR) is 86.5 cm³/mol. The molecule has 2 aromatic rings. The molecule has 0 heterocycles. The normalized spacial score (nSPS) is 15.7. The molecule has 0 spiro atoms. The Morgan fingerprint density at radius 2 is 1.67 bits per heavy atom. The van der Waals surface area contributed by atoms with Crippen molar-refractivity contribution in [3.8, 4) is 0 Å². The third-order valence-electron chi connectivity index (χ3n) is 4.40. The summed E-state index contributed by atoms with van der Waals surface area (Å²) in [5, 5.41) is 0. The highest BCUT2D eigenvalue weighted by atomic mass is 16.1. The van der Waals surface area contributed by atoms with Gasteiger partial charge in [0.25, 0.3) is 0 Å². The molecular weight excluding hydrogens is 258 g/mol. The molecule has 108 valence electrons. The van der Waals surface area contributed by atoms with Gasteiger partial charge >= 0.3 is 0 Å². The van der Waals surface area contributed by atoms with E-state index >= 15 is 0 Å². The number of nitrogens with two attached hydrogens (primary N) is 1. The van der Waals surface area contributed by atoms with Crippen LogP contribution in [0.4, 0.5) is 5.69 Å². The molecule has 0 saturated heterocycles. The Hall–Kier alpha value is -2.09. The summed E-state index contributed by atoms with van der Waals surface area (Å²) in [5.74, 6) is 0.246. The van der Waals surface area contributed by atoms with E-state index in [4.69, 9.17) is 5.73 Å². The molecule has 2 aromatic carbocycles. The Bertz CT molecular complexity index is 636. The van der Waals surface area contributed by atoms with E-state index < -0.39 is 0 Å². The number of rotatable bonds is 5. The van der Waals surface area contributed by atoms with Crippen LogP contribution in [0.5, 0.6) is 0 Å². The zero-order valence-electron chi connectivity index (χ0n) is 12.4. The fraction of sp³-hybridized carbons (Fsp3) is 0.316. The van der Waals surface area contributed by atoms with Gasteiger partial charge in [0.1, 0.15) is 0 Å². The molecule has 0 atom stereocenters. The van der Waals surface area contributed by atoms with Crippen LogP contribution in [0.3, 0.4) is 0 Å². The topological polar surface area (TPSA) is 43.1 Å². The monoisotopic (exact) mass is 279 g/mol. The van der Waals surface area contributed by atoms with E-state index in [9.17, 15) is 4.79 Å². The van der Waals surface area contributed by atoms with Crippen LogP contribution in [0, 0.1) is 0 Å². The summed E-state index contributed by atoms with van der Waals surface area (Å²) < 4.78 is 0. The van der Waals surface area contributed by atoms with Crippen LogP contribution in [0.15, 0.2) is 48.5 Å². The van der Waals surface area contributed by atoms with E-state index in [1.165, 1.54) is 5.56 Å². The molecule has 0 radical (unpaired) electrons. The van der Waals surface area contributed by atoms with Crippen LogP contribution in [0.25, 0.3) is 0 Å². The van der Waals surface area contributed by atoms with Crippen LogP contribution < -0.4 is 5.73 Å². The van der Waals surface area contributed by atoms with E-state index in [0.29, 0.717) is 0 Å². The number of Topliss-reactive ketones (excluding diaryl/α,β-unsaturated/α-hetero) is 1. The molecule has 2 N–H and O–H groups in total. The zero-order valence-corrected chi connectivity index (χ0v) is 12.4. The van der Waals surface area contributed by atoms with E-state index in [1.807, 2.05) is 36.4 Å². The minimum atomic E-state index is -0.306. The van der Waals surface area contributed by atoms with Gasteiger partial charge in [-0.3, -0.25) is 4.79 Å². The highest BCUT2D eigenvalue weighted by Gasteiger charge is 2.51. The number of carbonyl (C=O) groups is 1. The standard InChI is InChI=1S/C19H21NO/c1-2-3-14-4-6-15(7-5-14)18(21)19(12-13-19)16-8-10-17(20)11-9-16/h4-11H,2-3,12-13,20H2,1H3. The van der Waals surface area contributed by atoms with Crippen molar-refractivity contribution in [1.82, 2.24) is 0 Å². The maximum absolute atomic E-state index is 12.9. The summed E-state index contributed by atoms with van der Waals surface area (Å²) in [4.78, 5) is 12.9. The molecular formula is C19H21NO. The van der Waals surface area contributed by atoms with Gasteiger partial charge in [-0.05, 0) is 42.5 Å². The number of hydrogen-bond acceptors (Lipinski definition) is 2. The first-order valence-corrected chi connectivity index (χ1v) is 7.65. The number of hydrogen-bond donors (Lipinski definition) is 1. The summed E-state index contributed by atoms with van der Waals surface area (Å²) in [5.41, 5.74) is 9.39. The lowest BCUT2D eigenvalue weighted by molar-refractivity contribution is 0.0946. The first-order chi connectivity index (χ1) is 10.2. The van der Waals surface area contributed by atoms with Crippen molar-refractivity contribution in [3.63, 3.8) is 0 Å². The molecule has 0 aromatic heterocycles. The van der Waals surface area contributed by atoms with Crippen LogP contribution in [-0.2, 0) is 11.8 Å². The molecule has 1 saturated carbocycles. The van der Waals surface area contributed by atoms with Crippen molar-refractivity contribution in [1.29, 1.82) is 0 Å². The predicted octanol–water partition coefficient (Wildman–Crippen LogP) is 4.14. The molecule has 1 aliphatic rings. The Kier molecular flexibility index (Phi) is 3.54. The quantitative estimate of drug-likeness (QED) is 0.660. The summed E-state index contributed by atoms with van der Waals surface area (Å²) in [6, 6.07) is 15.9. The smallest absolute Gasteiger partial charge is 0.173 e. The van der Waals surface area contributed by atoms with E-state index in [2.05, 4.69) is 19.1 Å². The average Bonchev–Trinajstić information content (AvgIpc) is 3.30. The number of benzene rings is 2. The zero-order chi connectivity index (χ0) is 14.9. The van der Waals surface area contributed by atoms with Gasteiger partial charge in [-0.2, -0.15) is 0 Å². The van der Waals surface area contributed by atoms with Crippen molar-refractivity contribution in [3.05, 3.63) is 65.2 Å². The third-order valence-corrected chi connectivity index (χ3v) is 4.40. The van der Waals surface area contributed by atoms with E-state index in [0.717, 1.165) is 42.5 Å². The molecule has 0 bridgehead atoms. The third kappa shape index (κ3) is 2.58. The lowest BCUT2D eigenvalue weighted by Crippen LogP contribution is -2.20. The number of anilines is 1. The number of ketones is 1. The summed E-state index contributed by atoms with van der Waals surface area (Å²) in [7, 11) is 0. The van der Waals surface area contributed by atoms with Crippen LogP contribution in [-0.4, -0.2) is 5.78 Å². The Balaban J connectivity index is 1.85. The van der Waals surface area contributed by atoms with Gasteiger partial charge in [0.05, 0.1) is 5.41 Å². The summed E-state index contributed by atoms with van der Waals surface area (Å²) in [6.45, 7) is 2.17.